The van der Waals surface area contributed by atoms with E-state index in [1.165, 1.54) is 6.42 Å². The quantitative estimate of drug-likeness (QED) is 0.559. The highest BCUT2D eigenvalue weighted by molar-refractivity contribution is 5.71. The highest BCUT2D eigenvalue weighted by Crippen LogP contribution is 2.21. The second-order valence-corrected chi connectivity index (χ2v) is 10.7. The van der Waals surface area contributed by atoms with E-state index in [0.717, 1.165) is 49.2 Å². The number of ether oxygens (including phenoxy) is 2. The molecule has 2 heterocycles. The van der Waals surface area contributed by atoms with Crippen LogP contribution in [0.2, 0.25) is 0 Å². The molecule has 2 fully saturated rings. The number of nitrogens with one attached hydrogen (secondary N) is 1. The summed E-state index contributed by atoms with van der Waals surface area (Å²) in [4.78, 5) is 41.9. The van der Waals surface area contributed by atoms with Gasteiger partial charge in [0.15, 0.2) is 0 Å². The van der Waals surface area contributed by atoms with Crippen LogP contribution in [-0.2, 0) is 20.8 Å². The van der Waals surface area contributed by atoms with Gasteiger partial charge in [0.05, 0.1) is 6.33 Å². The Labute approximate surface area is 225 Å². The first-order chi connectivity index (χ1) is 18.1. The summed E-state index contributed by atoms with van der Waals surface area (Å²) in [6.45, 7) is 10.3. The Morgan fingerprint density at radius 3 is 2.29 bits per heavy atom. The van der Waals surface area contributed by atoms with Crippen molar-refractivity contribution in [2.24, 2.45) is 0 Å². The first-order valence-electron chi connectivity index (χ1n) is 13.3. The van der Waals surface area contributed by atoms with Crippen LogP contribution >= 0.6 is 0 Å². The molecule has 3 amide bonds. The standard InChI is InChI=1S/C16H28N2O4.C12H13N3O/c1-16(2,3)22-15(20)18-11-9-17(10-12-18)14(19)21-13-7-5-4-6-8-13;1-10-6-13-8-15(10)7-11-3-2-4-12(5-11)14-9-16/h13H,4-12H2,1-3H3;2-6,8-9H,7H2,1H3,(H,14,16). The maximum absolute atomic E-state index is 12.1. The van der Waals surface area contributed by atoms with Crippen LogP contribution in [0, 0.1) is 6.92 Å². The summed E-state index contributed by atoms with van der Waals surface area (Å²) in [5.74, 6) is 0. The number of hydrogen-bond acceptors (Lipinski definition) is 6. The summed E-state index contributed by atoms with van der Waals surface area (Å²) in [6.07, 6.45) is 9.31. The van der Waals surface area contributed by atoms with Gasteiger partial charge in [0.25, 0.3) is 0 Å². The van der Waals surface area contributed by atoms with E-state index in [9.17, 15) is 14.4 Å². The van der Waals surface area contributed by atoms with Crippen molar-refractivity contribution < 1.29 is 23.9 Å². The molecule has 0 unspecified atom stereocenters. The normalized spacial score (nSPS) is 16.2. The van der Waals surface area contributed by atoms with Crippen molar-refractivity contribution >= 4 is 24.3 Å². The van der Waals surface area contributed by atoms with E-state index < -0.39 is 5.60 Å². The van der Waals surface area contributed by atoms with Gasteiger partial charge in [0.1, 0.15) is 11.7 Å². The third-order valence-electron chi connectivity index (χ3n) is 6.44. The molecule has 2 aliphatic rings. The molecule has 1 N–H and O–H groups in total. The molecule has 1 saturated heterocycles. The number of aryl methyl sites for hydroxylation is 1. The number of piperazine rings is 1. The summed E-state index contributed by atoms with van der Waals surface area (Å²) < 4.78 is 13.0. The van der Waals surface area contributed by atoms with Crippen LogP contribution in [0.15, 0.2) is 36.8 Å². The van der Waals surface area contributed by atoms with E-state index in [-0.39, 0.29) is 18.3 Å². The van der Waals surface area contributed by atoms with Crippen LogP contribution in [0.5, 0.6) is 0 Å². The predicted octanol–water partition coefficient (Wildman–Crippen LogP) is 4.82. The summed E-state index contributed by atoms with van der Waals surface area (Å²) >= 11 is 0. The van der Waals surface area contributed by atoms with Crippen LogP contribution in [-0.4, -0.2) is 75.8 Å². The molecule has 208 valence electrons. The van der Waals surface area contributed by atoms with Crippen molar-refractivity contribution in [1.82, 2.24) is 19.4 Å². The van der Waals surface area contributed by atoms with Gasteiger partial charge in [-0.3, -0.25) is 4.79 Å². The third kappa shape index (κ3) is 9.39. The number of carbonyl (C=O) groups excluding carboxylic acids is 3. The lowest BCUT2D eigenvalue weighted by atomic mass is 9.98. The van der Waals surface area contributed by atoms with E-state index >= 15 is 0 Å². The Bertz CT molecular complexity index is 1050. The van der Waals surface area contributed by atoms with E-state index in [2.05, 4.69) is 14.9 Å². The molecular formula is C28H41N5O5. The van der Waals surface area contributed by atoms with Gasteiger partial charge in [-0.25, -0.2) is 14.6 Å². The lowest BCUT2D eigenvalue weighted by Gasteiger charge is -2.36. The number of rotatable bonds is 5. The predicted molar refractivity (Wildman–Crippen MR) is 145 cm³/mol. The molecule has 0 spiro atoms. The van der Waals surface area contributed by atoms with Crippen LogP contribution in [0.1, 0.15) is 64.1 Å². The number of nitrogens with zero attached hydrogens (tertiary/aromatic N) is 4. The molecule has 1 aliphatic heterocycles. The topological polar surface area (TPSA) is 106 Å². The van der Waals surface area contributed by atoms with E-state index in [0.29, 0.717) is 32.6 Å². The van der Waals surface area contributed by atoms with Gasteiger partial charge < -0.3 is 29.2 Å². The molecule has 1 aliphatic carbocycles. The Hall–Kier alpha value is -3.56. The molecule has 10 nitrogen and oxygen atoms in total. The van der Waals surface area contributed by atoms with Crippen LogP contribution in [0.25, 0.3) is 0 Å². The molecule has 2 aromatic rings. The molecule has 0 bridgehead atoms. The summed E-state index contributed by atoms with van der Waals surface area (Å²) in [5.41, 5.74) is 2.57. The summed E-state index contributed by atoms with van der Waals surface area (Å²) in [6, 6.07) is 7.76. The minimum atomic E-state index is -0.492. The van der Waals surface area contributed by atoms with Gasteiger partial charge >= 0.3 is 12.2 Å². The number of hydrogen-bond donors (Lipinski definition) is 1. The number of aromatic nitrogens is 2. The van der Waals surface area contributed by atoms with E-state index in [1.807, 2.05) is 58.2 Å². The second-order valence-electron chi connectivity index (χ2n) is 10.7. The molecular weight excluding hydrogens is 486 g/mol. The van der Waals surface area contributed by atoms with Crippen molar-refractivity contribution in [3.63, 3.8) is 0 Å². The summed E-state index contributed by atoms with van der Waals surface area (Å²) in [7, 11) is 0. The van der Waals surface area contributed by atoms with Crippen molar-refractivity contribution in [2.45, 2.75) is 78.0 Å². The lowest BCUT2D eigenvalue weighted by Crippen LogP contribution is -2.52. The molecule has 4 rings (SSSR count). The van der Waals surface area contributed by atoms with Crippen molar-refractivity contribution in [1.29, 1.82) is 0 Å². The van der Waals surface area contributed by atoms with Crippen molar-refractivity contribution in [3.8, 4) is 0 Å². The molecule has 1 saturated carbocycles. The number of imidazole rings is 1. The molecule has 0 atom stereocenters. The first-order valence-corrected chi connectivity index (χ1v) is 13.3. The van der Waals surface area contributed by atoms with Gasteiger partial charge in [-0.1, -0.05) is 18.6 Å². The van der Waals surface area contributed by atoms with Gasteiger partial charge in [-0.15, -0.1) is 0 Å². The Morgan fingerprint density at radius 2 is 1.71 bits per heavy atom. The fourth-order valence-electron chi connectivity index (χ4n) is 4.37. The van der Waals surface area contributed by atoms with Gasteiger partial charge in [-0.2, -0.15) is 0 Å². The van der Waals surface area contributed by atoms with E-state index in [1.54, 1.807) is 16.1 Å². The van der Waals surface area contributed by atoms with Crippen LogP contribution in [0.3, 0.4) is 0 Å². The minimum absolute atomic E-state index is 0.0742. The zero-order valence-electron chi connectivity index (χ0n) is 23.0. The maximum atomic E-state index is 12.1. The van der Waals surface area contributed by atoms with E-state index in [4.69, 9.17) is 9.47 Å². The molecule has 10 heteroatoms. The molecule has 1 aromatic heterocycles. The maximum Gasteiger partial charge on any atom is 0.410 e. The number of carbonyl (C=O) groups is 3. The fourth-order valence-corrected chi connectivity index (χ4v) is 4.37. The smallest absolute Gasteiger partial charge is 0.410 e. The third-order valence-corrected chi connectivity index (χ3v) is 6.44. The Balaban J connectivity index is 0.000000221. The minimum Gasteiger partial charge on any atom is -0.446 e. The SMILES string of the molecule is CC(C)(C)OC(=O)N1CCN(C(=O)OC2CCCCC2)CC1.Cc1cncn1Cc1cccc(NC=O)c1. The zero-order chi connectivity index (χ0) is 27.5. The van der Waals surface area contributed by atoms with Crippen molar-refractivity contribution in [3.05, 3.63) is 48.0 Å². The lowest BCUT2D eigenvalue weighted by molar-refractivity contribution is -0.105. The highest BCUT2D eigenvalue weighted by atomic mass is 16.6. The molecule has 1 aromatic carbocycles. The van der Waals surface area contributed by atoms with Gasteiger partial charge in [0.2, 0.25) is 6.41 Å². The summed E-state index contributed by atoms with van der Waals surface area (Å²) in [5, 5.41) is 2.64. The first kappa shape index (κ1) is 29.0. The second kappa shape index (κ2) is 13.8. The van der Waals surface area contributed by atoms with Gasteiger partial charge in [-0.05, 0) is 71.1 Å². The van der Waals surface area contributed by atoms with Gasteiger partial charge in [0, 0.05) is 50.3 Å². The van der Waals surface area contributed by atoms with Crippen LogP contribution in [0.4, 0.5) is 15.3 Å². The monoisotopic (exact) mass is 527 g/mol. The van der Waals surface area contributed by atoms with Crippen LogP contribution < -0.4 is 5.32 Å². The average molecular weight is 528 g/mol. The number of benzene rings is 1. The fraction of sp³-hybridized carbons (Fsp3) is 0.571. The largest absolute Gasteiger partial charge is 0.446 e. The Kier molecular flexibility index (Phi) is 10.6. The highest BCUT2D eigenvalue weighted by Gasteiger charge is 2.29. The number of anilines is 1. The zero-order valence-corrected chi connectivity index (χ0v) is 23.0. The molecule has 0 radical (unpaired) electrons. The molecule has 38 heavy (non-hydrogen) atoms. The Morgan fingerprint density at radius 1 is 1.05 bits per heavy atom. The average Bonchev–Trinajstić information content (AvgIpc) is 3.28. The number of amides is 3. The van der Waals surface area contributed by atoms with Crippen molar-refractivity contribution in [2.75, 3.05) is 31.5 Å².